The molecule has 0 radical (unpaired) electrons. The van der Waals surface area contributed by atoms with Gasteiger partial charge in [-0.05, 0) is 42.2 Å². The summed E-state index contributed by atoms with van der Waals surface area (Å²) in [7, 11) is 1.41. The molecule has 21 heavy (non-hydrogen) atoms. The number of methoxy groups -OCH3 is 1. The Morgan fingerprint density at radius 2 is 1.95 bits per heavy atom. The summed E-state index contributed by atoms with van der Waals surface area (Å²) in [5.41, 5.74) is 7.22. The van der Waals surface area contributed by atoms with Crippen LogP contribution in [0.4, 0.5) is 8.78 Å². The standard InChI is InChI=1S/C16H16ClF2NO/c1-21-15-6-5-10(8-14(15)18)7-12(20)9-11-3-2-4-13(17)16(11)19/h2-6,8,12H,7,9,20H2,1H3. The smallest absolute Gasteiger partial charge is 0.165 e. The predicted octanol–water partition coefficient (Wildman–Crippen LogP) is 3.74. The third-order valence-corrected chi connectivity index (χ3v) is 3.52. The maximum atomic E-state index is 13.8. The van der Waals surface area contributed by atoms with E-state index in [4.69, 9.17) is 22.1 Å². The highest BCUT2D eigenvalue weighted by molar-refractivity contribution is 6.30. The van der Waals surface area contributed by atoms with Crippen LogP contribution in [0, 0.1) is 11.6 Å². The maximum absolute atomic E-state index is 13.8. The van der Waals surface area contributed by atoms with Gasteiger partial charge in [0.1, 0.15) is 5.82 Å². The molecule has 5 heteroatoms. The minimum absolute atomic E-state index is 0.0789. The fraction of sp³-hybridized carbons (Fsp3) is 0.250. The molecule has 0 aromatic heterocycles. The normalized spacial score (nSPS) is 12.2. The summed E-state index contributed by atoms with van der Waals surface area (Å²) in [5, 5.41) is 0.0789. The molecule has 1 atom stereocenters. The number of hydrogen-bond donors (Lipinski definition) is 1. The Hall–Kier alpha value is -1.65. The Kier molecular flexibility index (Phi) is 5.15. The van der Waals surface area contributed by atoms with Crippen molar-refractivity contribution in [3.05, 3.63) is 64.2 Å². The van der Waals surface area contributed by atoms with Crippen molar-refractivity contribution in [1.82, 2.24) is 0 Å². The van der Waals surface area contributed by atoms with E-state index >= 15 is 0 Å². The highest BCUT2D eigenvalue weighted by atomic mass is 35.5. The largest absolute Gasteiger partial charge is 0.494 e. The van der Waals surface area contributed by atoms with E-state index in [9.17, 15) is 8.78 Å². The molecule has 0 aliphatic rings. The summed E-state index contributed by atoms with van der Waals surface area (Å²) in [6, 6.07) is 9.17. The molecule has 0 saturated carbocycles. The van der Waals surface area contributed by atoms with Gasteiger partial charge < -0.3 is 10.5 Å². The van der Waals surface area contributed by atoms with E-state index < -0.39 is 11.6 Å². The molecular formula is C16H16ClF2NO. The lowest BCUT2D eigenvalue weighted by molar-refractivity contribution is 0.386. The van der Waals surface area contributed by atoms with Crippen molar-refractivity contribution in [2.45, 2.75) is 18.9 Å². The first-order chi connectivity index (χ1) is 10.0. The first-order valence-corrected chi connectivity index (χ1v) is 6.90. The van der Waals surface area contributed by atoms with Crippen LogP contribution < -0.4 is 10.5 Å². The zero-order valence-electron chi connectivity index (χ0n) is 11.6. The molecule has 0 heterocycles. The van der Waals surface area contributed by atoms with Crippen LogP contribution >= 0.6 is 11.6 Å². The molecule has 2 aromatic carbocycles. The molecule has 2 aromatic rings. The van der Waals surface area contributed by atoms with Crippen LogP contribution in [-0.2, 0) is 12.8 Å². The summed E-state index contributed by atoms with van der Waals surface area (Å²) in [6.07, 6.45) is 0.771. The van der Waals surface area contributed by atoms with E-state index in [1.165, 1.54) is 19.2 Å². The van der Waals surface area contributed by atoms with E-state index in [0.717, 1.165) is 5.56 Å². The number of ether oxygens (including phenoxy) is 1. The highest BCUT2D eigenvalue weighted by Gasteiger charge is 2.12. The molecule has 0 aliphatic heterocycles. The van der Waals surface area contributed by atoms with E-state index in [0.29, 0.717) is 18.4 Å². The number of hydrogen-bond acceptors (Lipinski definition) is 2. The van der Waals surface area contributed by atoms with Crippen molar-refractivity contribution >= 4 is 11.6 Å². The van der Waals surface area contributed by atoms with Crippen LogP contribution in [0.5, 0.6) is 5.75 Å². The van der Waals surface area contributed by atoms with Gasteiger partial charge in [-0.25, -0.2) is 8.78 Å². The van der Waals surface area contributed by atoms with Gasteiger partial charge in [0.2, 0.25) is 0 Å². The van der Waals surface area contributed by atoms with Gasteiger partial charge in [-0.15, -0.1) is 0 Å². The summed E-state index contributed by atoms with van der Waals surface area (Å²) in [5.74, 6) is -0.695. The second-order valence-electron chi connectivity index (χ2n) is 4.85. The van der Waals surface area contributed by atoms with Gasteiger partial charge in [-0.3, -0.25) is 0 Å². The van der Waals surface area contributed by atoms with E-state index in [1.54, 1.807) is 24.3 Å². The van der Waals surface area contributed by atoms with Crippen molar-refractivity contribution in [2.75, 3.05) is 7.11 Å². The number of halogens is 3. The zero-order valence-corrected chi connectivity index (χ0v) is 12.3. The molecule has 1 unspecified atom stereocenters. The van der Waals surface area contributed by atoms with Crippen molar-refractivity contribution in [2.24, 2.45) is 5.73 Å². The lowest BCUT2D eigenvalue weighted by Crippen LogP contribution is -2.26. The molecule has 2 N–H and O–H groups in total. The third-order valence-electron chi connectivity index (χ3n) is 3.23. The Morgan fingerprint density at radius 3 is 2.62 bits per heavy atom. The molecule has 112 valence electrons. The number of nitrogens with two attached hydrogens (primary N) is 1. The SMILES string of the molecule is COc1ccc(CC(N)Cc2cccc(Cl)c2F)cc1F. The van der Waals surface area contributed by atoms with Crippen molar-refractivity contribution in [3.63, 3.8) is 0 Å². The van der Waals surface area contributed by atoms with Crippen molar-refractivity contribution in [3.8, 4) is 5.75 Å². The molecule has 0 amide bonds. The summed E-state index contributed by atoms with van der Waals surface area (Å²) in [4.78, 5) is 0. The van der Waals surface area contributed by atoms with Crippen LogP contribution in [0.15, 0.2) is 36.4 Å². The van der Waals surface area contributed by atoms with Crippen LogP contribution in [0.3, 0.4) is 0 Å². The lowest BCUT2D eigenvalue weighted by atomic mass is 9.99. The summed E-state index contributed by atoms with van der Waals surface area (Å²) < 4.78 is 32.3. The van der Waals surface area contributed by atoms with Gasteiger partial charge in [0, 0.05) is 6.04 Å². The van der Waals surface area contributed by atoms with Crippen LogP contribution in [0.1, 0.15) is 11.1 Å². The Morgan fingerprint density at radius 1 is 1.19 bits per heavy atom. The summed E-state index contributed by atoms with van der Waals surface area (Å²) in [6.45, 7) is 0. The van der Waals surface area contributed by atoms with E-state index in [2.05, 4.69) is 0 Å². The van der Waals surface area contributed by atoms with Gasteiger partial charge in [-0.2, -0.15) is 0 Å². The van der Waals surface area contributed by atoms with Crippen molar-refractivity contribution < 1.29 is 13.5 Å². The fourth-order valence-electron chi connectivity index (χ4n) is 2.20. The van der Waals surface area contributed by atoms with Crippen LogP contribution in [0.2, 0.25) is 5.02 Å². The topological polar surface area (TPSA) is 35.2 Å². The Balaban J connectivity index is 2.06. The second-order valence-corrected chi connectivity index (χ2v) is 5.26. The molecule has 0 fully saturated rings. The lowest BCUT2D eigenvalue weighted by Gasteiger charge is -2.13. The minimum atomic E-state index is -0.449. The molecule has 0 saturated heterocycles. The second kappa shape index (κ2) is 6.87. The molecule has 2 nitrogen and oxygen atoms in total. The number of benzene rings is 2. The van der Waals surface area contributed by atoms with Gasteiger partial charge in [-0.1, -0.05) is 29.8 Å². The van der Waals surface area contributed by atoms with Gasteiger partial charge in [0.05, 0.1) is 12.1 Å². The molecule has 0 bridgehead atoms. The van der Waals surface area contributed by atoms with E-state index in [-0.39, 0.29) is 16.8 Å². The highest BCUT2D eigenvalue weighted by Crippen LogP contribution is 2.21. The summed E-state index contributed by atoms with van der Waals surface area (Å²) >= 11 is 5.73. The first kappa shape index (κ1) is 15.7. The van der Waals surface area contributed by atoms with Crippen molar-refractivity contribution in [1.29, 1.82) is 0 Å². The Bertz CT molecular complexity index is 634. The van der Waals surface area contributed by atoms with Crippen LogP contribution in [-0.4, -0.2) is 13.2 Å². The molecule has 0 aliphatic carbocycles. The van der Waals surface area contributed by atoms with E-state index in [1.807, 2.05) is 0 Å². The zero-order chi connectivity index (χ0) is 15.4. The third kappa shape index (κ3) is 3.93. The molecule has 2 rings (SSSR count). The average Bonchev–Trinajstić information content (AvgIpc) is 2.44. The van der Waals surface area contributed by atoms with Gasteiger partial charge in [0.25, 0.3) is 0 Å². The number of rotatable bonds is 5. The molecular weight excluding hydrogens is 296 g/mol. The molecule has 0 spiro atoms. The minimum Gasteiger partial charge on any atom is -0.494 e. The first-order valence-electron chi connectivity index (χ1n) is 6.52. The van der Waals surface area contributed by atoms with Gasteiger partial charge in [0.15, 0.2) is 11.6 Å². The monoisotopic (exact) mass is 311 g/mol. The fourth-order valence-corrected chi connectivity index (χ4v) is 2.39. The predicted molar refractivity (Wildman–Crippen MR) is 79.7 cm³/mol. The van der Waals surface area contributed by atoms with Crippen LogP contribution in [0.25, 0.3) is 0 Å². The van der Waals surface area contributed by atoms with Gasteiger partial charge >= 0.3 is 0 Å². The Labute approximate surface area is 127 Å². The quantitative estimate of drug-likeness (QED) is 0.913. The maximum Gasteiger partial charge on any atom is 0.165 e. The average molecular weight is 312 g/mol.